The molecule has 1 aromatic carbocycles. The quantitative estimate of drug-likeness (QED) is 0.597. The molecule has 0 N–H and O–H groups in total. The highest BCUT2D eigenvalue weighted by Crippen LogP contribution is 2.34. The zero-order valence-electron chi connectivity index (χ0n) is 17.7. The summed E-state index contributed by atoms with van der Waals surface area (Å²) in [6.07, 6.45) is 0.421. The van der Waals surface area contributed by atoms with E-state index in [9.17, 15) is 9.18 Å². The van der Waals surface area contributed by atoms with Crippen LogP contribution in [-0.2, 0) is 4.74 Å². The largest absolute Gasteiger partial charge is 0.494 e. The lowest BCUT2D eigenvalue weighted by atomic mass is 9.91. The molecule has 1 aromatic heterocycles. The van der Waals surface area contributed by atoms with Gasteiger partial charge in [-0.25, -0.2) is 14.2 Å². The van der Waals surface area contributed by atoms with Crippen LogP contribution < -0.4 is 4.74 Å². The molecule has 0 spiro atoms. The highest BCUT2D eigenvalue weighted by atomic mass is 35.5. The SMILES string of the molecule is C=C(CC1CN(C(=O)OC(C)(C)C)C1)c1ccc(OC)c(-c2ccc(F)c(Cl)c2)n1. The number of allylic oxidation sites excluding steroid dienone is 1. The maximum atomic E-state index is 13.5. The number of likely N-dealkylation sites (tertiary alicyclic amines) is 1. The number of nitrogens with zero attached hydrogens (tertiary/aromatic N) is 2. The number of ether oxygens (including phenoxy) is 2. The standard InChI is InChI=1S/C23H26ClFN2O3/c1-14(10-15-12-27(13-15)22(28)30-23(2,3)4)19-8-9-20(29-5)21(26-19)16-6-7-18(25)17(24)11-16/h6-9,11,15H,1,10,12-13H2,2-5H3. The van der Waals surface area contributed by atoms with E-state index in [0.717, 1.165) is 11.3 Å². The van der Waals surface area contributed by atoms with Crippen molar-refractivity contribution >= 4 is 23.3 Å². The maximum Gasteiger partial charge on any atom is 0.410 e. The van der Waals surface area contributed by atoms with E-state index in [1.807, 2.05) is 32.9 Å². The van der Waals surface area contributed by atoms with E-state index < -0.39 is 11.4 Å². The van der Waals surface area contributed by atoms with Crippen molar-refractivity contribution in [2.75, 3.05) is 20.2 Å². The Kier molecular flexibility index (Phi) is 6.36. The first-order valence-electron chi connectivity index (χ1n) is 9.74. The number of amides is 1. The van der Waals surface area contributed by atoms with Gasteiger partial charge in [-0.15, -0.1) is 0 Å². The Morgan fingerprint density at radius 2 is 2.00 bits per heavy atom. The summed E-state index contributed by atoms with van der Waals surface area (Å²) in [6.45, 7) is 11.0. The normalized spacial score (nSPS) is 14.3. The maximum absolute atomic E-state index is 13.5. The summed E-state index contributed by atoms with van der Waals surface area (Å²) in [6, 6.07) is 8.11. The van der Waals surface area contributed by atoms with Gasteiger partial charge in [-0.05, 0) is 69.0 Å². The van der Waals surface area contributed by atoms with Crippen molar-refractivity contribution in [3.8, 4) is 17.0 Å². The van der Waals surface area contributed by atoms with Crippen LogP contribution in [0.15, 0.2) is 36.9 Å². The molecule has 0 saturated carbocycles. The molecule has 1 aliphatic heterocycles. The first kappa shape index (κ1) is 22.1. The molecular formula is C23H26ClFN2O3. The van der Waals surface area contributed by atoms with Crippen LogP contribution in [-0.4, -0.2) is 41.8 Å². The molecule has 5 nitrogen and oxygen atoms in total. The fourth-order valence-electron chi connectivity index (χ4n) is 3.29. The second kappa shape index (κ2) is 8.64. The zero-order valence-corrected chi connectivity index (χ0v) is 18.4. The topological polar surface area (TPSA) is 51.7 Å². The minimum Gasteiger partial charge on any atom is -0.494 e. The molecule has 0 aliphatic carbocycles. The Morgan fingerprint density at radius 1 is 1.30 bits per heavy atom. The number of hydrogen-bond donors (Lipinski definition) is 0. The highest BCUT2D eigenvalue weighted by Gasteiger charge is 2.34. The number of hydrogen-bond acceptors (Lipinski definition) is 4. The summed E-state index contributed by atoms with van der Waals surface area (Å²) in [4.78, 5) is 18.5. The van der Waals surface area contributed by atoms with Crippen LogP contribution >= 0.6 is 11.6 Å². The molecule has 0 unspecified atom stereocenters. The van der Waals surface area contributed by atoms with Crippen LogP contribution in [0.5, 0.6) is 5.75 Å². The van der Waals surface area contributed by atoms with Crippen molar-refractivity contribution in [1.29, 1.82) is 0 Å². The summed E-state index contributed by atoms with van der Waals surface area (Å²) in [5.74, 6) is 0.381. The molecule has 2 aromatic rings. The fourth-order valence-corrected chi connectivity index (χ4v) is 3.47. The van der Waals surface area contributed by atoms with Gasteiger partial charge >= 0.3 is 6.09 Å². The Hall–Kier alpha value is -2.60. The first-order valence-corrected chi connectivity index (χ1v) is 10.1. The number of carbonyl (C=O) groups is 1. The molecule has 3 rings (SSSR count). The van der Waals surface area contributed by atoms with Gasteiger partial charge in [-0.1, -0.05) is 18.2 Å². The summed E-state index contributed by atoms with van der Waals surface area (Å²) in [5, 5.41) is 0.0253. The number of halogens is 2. The van der Waals surface area contributed by atoms with Gasteiger partial charge < -0.3 is 14.4 Å². The minimum atomic E-state index is -0.502. The second-order valence-electron chi connectivity index (χ2n) is 8.44. The van der Waals surface area contributed by atoms with E-state index in [2.05, 4.69) is 11.6 Å². The summed E-state index contributed by atoms with van der Waals surface area (Å²) < 4.78 is 24.3. The van der Waals surface area contributed by atoms with Crippen LogP contribution in [0.25, 0.3) is 16.8 Å². The molecular weight excluding hydrogens is 407 g/mol. The average Bonchev–Trinajstić information content (AvgIpc) is 2.64. The molecule has 1 fully saturated rings. The lowest BCUT2D eigenvalue weighted by Gasteiger charge is -2.40. The van der Waals surface area contributed by atoms with Crippen molar-refractivity contribution < 1.29 is 18.7 Å². The second-order valence-corrected chi connectivity index (χ2v) is 8.84. The molecule has 0 radical (unpaired) electrons. The molecule has 1 aliphatic rings. The van der Waals surface area contributed by atoms with Gasteiger partial charge in [0.25, 0.3) is 0 Å². The smallest absolute Gasteiger partial charge is 0.410 e. The molecule has 0 atom stereocenters. The summed E-state index contributed by atoms with van der Waals surface area (Å²) in [7, 11) is 1.56. The van der Waals surface area contributed by atoms with E-state index in [4.69, 9.17) is 21.1 Å². The monoisotopic (exact) mass is 432 g/mol. The van der Waals surface area contributed by atoms with Gasteiger partial charge in [-0.2, -0.15) is 0 Å². The molecule has 0 bridgehead atoms. The minimum absolute atomic E-state index is 0.0253. The Bertz CT molecular complexity index is 965. The third kappa shape index (κ3) is 5.11. The number of rotatable bonds is 5. The van der Waals surface area contributed by atoms with Gasteiger partial charge in [0, 0.05) is 18.7 Å². The number of benzene rings is 1. The Labute approximate surface area is 181 Å². The predicted octanol–water partition coefficient (Wildman–Crippen LogP) is 5.82. The van der Waals surface area contributed by atoms with Gasteiger partial charge in [-0.3, -0.25) is 0 Å². The van der Waals surface area contributed by atoms with Gasteiger partial charge in [0.1, 0.15) is 22.9 Å². The summed E-state index contributed by atoms with van der Waals surface area (Å²) >= 11 is 5.93. The highest BCUT2D eigenvalue weighted by molar-refractivity contribution is 6.31. The van der Waals surface area contributed by atoms with E-state index >= 15 is 0 Å². The van der Waals surface area contributed by atoms with Gasteiger partial charge in [0.15, 0.2) is 0 Å². The van der Waals surface area contributed by atoms with E-state index in [1.54, 1.807) is 18.1 Å². The molecule has 160 valence electrons. The predicted molar refractivity (Wildman–Crippen MR) is 116 cm³/mol. The first-order chi connectivity index (χ1) is 14.1. The molecule has 30 heavy (non-hydrogen) atoms. The van der Waals surface area contributed by atoms with Crippen molar-refractivity contribution in [2.45, 2.75) is 32.8 Å². The number of carbonyl (C=O) groups excluding carboxylic acids is 1. The third-order valence-electron chi connectivity index (χ3n) is 4.78. The molecule has 1 amide bonds. The number of pyridine rings is 1. The van der Waals surface area contributed by atoms with Crippen molar-refractivity contribution in [3.63, 3.8) is 0 Å². The number of aromatic nitrogens is 1. The Balaban J connectivity index is 1.69. The van der Waals surface area contributed by atoms with Crippen molar-refractivity contribution in [1.82, 2.24) is 9.88 Å². The average molecular weight is 433 g/mol. The lowest BCUT2D eigenvalue weighted by Crippen LogP contribution is -2.51. The van der Waals surface area contributed by atoms with Crippen LogP contribution in [0.2, 0.25) is 5.02 Å². The van der Waals surface area contributed by atoms with Crippen molar-refractivity contribution in [3.05, 3.63) is 53.4 Å². The van der Waals surface area contributed by atoms with E-state index in [1.165, 1.54) is 12.1 Å². The lowest BCUT2D eigenvalue weighted by molar-refractivity contribution is -0.000230. The third-order valence-corrected chi connectivity index (χ3v) is 5.07. The molecule has 1 saturated heterocycles. The number of methoxy groups -OCH3 is 1. The van der Waals surface area contributed by atoms with Crippen LogP contribution in [0.4, 0.5) is 9.18 Å². The van der Waals surface area contributed by atoms with Gasteiger partial charge in [0.2, 0.25) is 0 Å². The van der Waals surface area contributed by atoms with Crippen LogP contribution in [0.3, 0.4) is 0 Å². The zero-order chi connectivity index (χ0) is 22.1. The van der Waals surface area contributed by atoms with Crippen molar-refractivity contribution in [2.24, 2.45) is 5.92 Å². The fraction of sp³-hybridized carbons (Fsp3) is 0.391. The Morgan fingerprint density at radius 3 is 2.60 bits per heavy atom. The molecule has 7 heteroatoms. The van der Waals surface area contributed by atoms with E-state index in [-0.39, 0.29) is 11.1 Å². The summed E-state index contributed by atoms with van der Waals surface area (Å²) in [5.41, 5.74) is 2.32. The van der Waals surface area contributed by atoms with Gasteiger partial charge in [0.05, 0.1) is 17.8 Å². The molecule has 2 heterocycles. The van der Waals surface area contributed by atoms with E-state index in [0.29, 0.717) is 42.4 Å². The van der Waals surface area contributed by atoms with Crippen LogP contribution in [0.1, 0.15) is 32.9 Å². The van der Waals surface area contributed by atoms with Crippen LogP contribution in [0, 0.1) is 11.7 Å².